The lowest BCUT2D eigenvalue weighted by molar-refractivity contribution is -0.757. The van der Waals surface area contributed by atoms with Gasteiger partial charge in [0.05, 0.1) is 24.3 Å². The minimum atomic E-state index is -0.964. The molecule has 132 valence electrons. The Hall–Kier alpha value is -2.68. The molecule has 1 aliphatic heterocycles. The molecule has 1 aromatic rings. The van der Waals surface area contributed by atoms with Crippen molar-refractivity contribution in [2.24, 2.45) is 0 Å². The Morgan fingerprint density at radius 1 is 1.21 bits per heavy atom. The van der Waals surface area contributed by atoms with Gasteiger partial charge in [-0.1, -0.05) is 13.0 Å². The first-order valence-electron chi connectivity index (χ1n) is 7.45. The van der Waals surface area contributed by atoms with E-state index < -0.39 is 16.9 Å². The summed E-state index contributed by atoms with van der Waals surface area (Å²) in [5.74, 6) is -0.664. The molecule has 2 rings (SSSR count). The standard InChI is InChI=1S/C13H14N2O6.C2H7N/c1-2-7-20-10-5-3-4-9-11(10)13(17)14(12(9)16)6-8-21-15(18)19;1-3-2/h3-5H,2,6-8H2,1H3;3H,1-2H3. The number of rotatable bonds is 7. The lowest BCUT2D eigenvalue weighted by atomic mass is 10.1. The molecule has 1 heterocycles. The summed E-state index contributed by atoms with van der Waals surface area (Å²) in [6.07, 6.45) is 0.770. The van der Waals surface area contributed by atoms with Crippen LogP contribution in [0.2, 0.25) is 0 Å². The number of imide groups is 1. The summed E-state index contributed by atoms with van der Waals surface area (Å²) in [6, 6.07) is 4.78. The summed E-state index contributed by atoms with van der Waals surface area (Å²) in [5, 5.41) is 11.9. The summed E-state index contributed by atoms with van der Waals surface area (Å²) in [5.41, 5.74) is 0.451. The van der Waals surface area contributed by atoms with Gasteiger partial charge in [-0.15, -0.1) is 10.1 Å². The van der Waals surface area contributed by atoms with Gasteiger partial charge in [-0.2, -0.15) is 0 Å². The third-order valence-electron chi connectivity index (χ3n) is 2.93. The molecule has 2 amide bonds. The van der Waals surface area contributed by atoms with Crippen LogP contribution >= 0.6 is 0 Å². The summed E-state index contributed by atoms with van der Waals surface area (Å²) >= 11 is 0. The van der Waals surface area contributed by atoms with Crippen LogP contribution in [0.5, 0.6) is 5.75 Å². The molecule has 0 fully saturated rings. The summed E-state index contributed by atoms with van der Waals surface area (Å²) in [6.45, 7) is 1.82. The number of carbonyl (C=O) groups is 2. The van der Waals surface area contributed by atoms with Crippen molar-refractivity contribution >= 4 is 11.8 Å². The van der Waals surface area contributed by atoms with Crippen molar-refractivity contribution in [1.29, 1.82) is 0 Å². The van der Waals surface area contributed by atoms with Crippen LogP contribution in [0, 0.1) is 10.1 Å². The predicted molar refractivity (Wildman–Crippen MR) is 85.5 cm³/mol. The molecule has 0 radical (unpaired) electrons. The predicted octanol–water partition coefficient (Wildman–Crippen LogP) is 1.12. The molecule has 0 unspecified atom stereocenters. The van der Waals surface area contributed by atoms with E-state index in [0.717, 1.165) is 11.3 Å². The van der Waals surface area contributed by atoms with Crippen molar-refractivity contribution in [3.63, 3.8) is 0 Å². The highest BCUT2D eigenvalue weighted by Gasteiger charge is 2.37. The molecule has 1 aromatic carbocycles. The van der Waals surface area contributed by atoms with Crippen LogP contribution < -0.4 is 10.1 Å². The van der Waals surface area contributed by atoms with Crippen molar-refractivity contribution in [3.05, 3.63) is 39.4 Å². The number of carbonyl (C=O) groups excluding carboxylic acids is 2. The molecule has 0 bridgehead atoms. The van der Waals surface area contributed by atoms with Gasteiger partial charge in [-0.05, 0) is 32.6 Å². The van der Waals surface area contributed by atoms with Gasteiger partial charge in [0.2, 0.25) is 0 Å². The van der Waals surface area contributed by atoms with E-state index in [1.54, 1.807) is 12.1 Å². The van der Waals surface area contributed by atoms with Crippen LogP contribution in [0.1, 0.15) is 34.1 Å². The molecule has 9 nitrogen and oxygen atoms in total. The van der Waals surface area contributed by atoms with Crippen molar-refractivity contribution < 1.29 is 24.3 Å². The molecule has 24 heavy (non-hydrogen) atoms. The third kappa shape index (κ3) is 4.66. The molecule has 9 heteroatoms. The zero-order valence-corrected chi connectivity index (χ0v) is 13.9. The highest BCUT2D eigenvalue weighted by Crippen LogP contribution is 2.30. The highest BCUT2D eigenvalue weighted by molar-refractivity contribution is 6.22. The van der Waals surface area contributed by atoms with Crippen LogP contribution in [0.3, 0.4) is 0 Å². The normalized spacial score (nSPS) is 12.4. The number of nitrogens with one attached hydrogen (secondary N) is 1. The first kappa shape index (κ1) is 19.4. The van der Waals surface area contributed by atoms with Crippen LogP contribution in [-0.4, -0.2) is 55.7 Å². The largest absolute Gasteiger partial charge is 0.493 e. The summed E-state index contributed by atoms with van der Waals surface area (Å²) in [4.78, 5) is 39.6. The summed E-state index contributed by atoms with van der Waals surface area (Å²) in [7, 11) is 3.75. The second-order valence-corrected chi connectivity index (χ2v) is 4.85. The van der Waals surface area contributed by atoms with Crippen LogP contribution in [0.15, 0.2) is 18.2 Å². The van der Waals surface area contributed by atoms with Gasteiger partial charge in [0, 0.05) is 0 Å². The minimum absolute atomic E-state index is 0.180. The van der Waals surface area contributed by atoms with Gasteiger partial charge in [0.1, 0.15) is 12.4 Å². The number of fused-ring (bicyclic) bond motifs is 1. The molecule has 1 N–H and O–H groups in total. The SMILES string of the molecule is CCCOc1cccc2c1C(=O)N(CCO[N+](=O)[O-])C2=O.CNC. The summed E-state index contributed by atoms with van der Waals surface area (Å²) < 4.78 is 5.47. The number of benzene rings is 1. The molecule has 0 saturated heterocycles. The maximum Gasteiger partial charge on any atom is 0.294 e. The fraction of sp³-hybridized carbons (Fsp3) is 0.467. The zero-order valence-electron chi connectivity index (χ0n) is 13.9. The Morgan fingerprint density at radius 2 is 1.88 bits per heavy atom. The van der Waals surface area contributed by atoms with Crippen molar-refractivity contribution in [2.45, 2.75) is 13.3 Å². The lowest BCUT2D eigenvalue weighted by Gasteiger charge is -2.12. The third-order valence-corrected chi connectivity index (χ3v) is 2.93. The minimum Gasteiger partial charge on any atom is -0.493 e. The van der Waals surface area contributed by atoms with Gasteiger partial charge in [0.25, 0.3) is 16.9 Å². The van der Waals surface area contributed by atoms with E-state index in [1.165, 1.54) is 6.07 Å². The number of hydrogen-bond donors (Lipinski definition) is 1. The fourth-order valence-corrected chi connectivity index (χ4v) is 2.04. The molecule has 0 aliphatic carbocycles. The van der Waals surface area contributed by atoms with Crippen LogP contribution in [0.4, 0.5) is 0 Å². The number of hydrogen-bond acceptors (Lipinski definition) is 7. The van der Waals surface area contributed by atoms with E-state index in [-0.39, 0.29) is 24.3 Å². The molecular weight excluding hydrogens is 318 g/mol. The van der Waals surface area contributed by atoms with E-state index >= 15 is 0 Å². The first-order valence-corrected chi connectivity index (χ1v) is 7.45. The Kier molecular flexibility index (Phi) is 7.63. The fourth-order valence-electron chi connectivity index (χ4n) is 2.04. The molecule has 0 aromatic heterocycles. The molecule has 0 saturated carbocycles. The van der Waals surface area contributed by atoms with Crippen molar-refractivity contribution in [3.8, 4) is 5.75 Å². The van der Waals surface area contributed by atoms with E-state index in [1.807, 2.05) is 21.0 Å². The lowest BCUT2D eigenvalue weighted by Crippen LogP contribution is -2.33. The second kappa shape index (κ2) is 9.46. The molecule has 1 aliphatic rings. The van der Waals surface area contributed by atoms with E-state index in [2.05, 4.69) is 10.2 Å². The Morgan fingerprint density at radius 3 is 2.46 bits per heavy atom. The quantitative estimate of drug-likeness (QED) is 0.450. The molecule has 0 spiro atoms. The monoisotopic (exact) mass is 339 g/mol. The number of ether oxygens (including phenoxy) is 1. The van der Waals surface area contributed by atoms with Gasteiger partial charge < -0.3 is 14.9 Å². The number of nitrogens with zero attached hydrogens (tertiary/aromatic N) is 2. The van der Waals surface area contributed by atoms with Gasteiger partial charge in [-0.25, -0.2) is 0 Å². The average molecular weight is 339 g/mol. The van der Waals surface area contributed by atoms with Gasteiger partial charge >= 0.3 is 0 Å². The number of amides is 2. The zero-order chi connectivity index (χ0) is 18.1. The van der Waals surface area contributed by atoms with E-state index in [9.17, 15) is 19.7 Å². The van der Waals surface area contributed by atoms with E-state index in [4.69, 9.17) is 4.74 Å². The van der Waals surface area contributed by atoms with Crippen LogP contribution in [-0.2, 0) is 4.84 Å². The van der Waals surface area contributed by atoms with Crippen molar-refractivity contribution in [1.82, 2.24) is 10.2 Å². The first-order chi connectivity index (χ1) is 11.5. The Balaban J connectivity index is 0.000000891. The topological polar surface area (TPSA) is 111 Å². The maximum absolute atomic E-state index is 12.3. The average Bonchev–Trinajstić information content (AvgIpc) is 2.79. The smallest absolute Gasteiger partial charge is 0.294 e. The van der Waals surface area contributed by atoms with Gasteiger partial charge in [0.15, 0.2) is 0 Å². The molecular formula is C15H21N3O6. The van der Waals surface area contributed by atoms with Gasteiger partial charge in [-0.3, -0.25) is 14.5 Å². The molecule has 0 atom stereocenters. The van der Waals surface area contributed by atoms with Crippen LogP contribution in [0.25, 0.3) is 0 Å². The Bertz CT molecular complexity index is 605. The highest BCUT2D eigenvalue weighted by atomic mass is 16.9. The second-order valence-electron chi connectivity index (χ2n) is 4.85. The van der Waals surface area contributed by atoms with Crippen molar-refractivity contribution in [2.75, 3.05) is 33.9 Å². The van der Waals surface area contributed by atoms with E-state index in [0.29, 0.717) is 12.4 Å². The Labute approximate surface area is 139 Å². The maximum atomic E-state index is 12.3.